The minimum atomic E-state index is -0.606. The minimum Gasteiger partial charge on any atom is -0.465 e. The summed E-state index contributed by atoms with van der Waals surface area (Å²) in [4.78, 5) is 37.8. The number of amides is 1. The normalized spacial score (nSPS) is 15.7. The van der Waals surface area contributed by atoms with Crippen molar-refractivity contribution in [3.63, 3.8) is 0 Å². The number of fused-ring (bicyclic) bond motifs is 1. The summed E-state index contributed by atoms with van der Waals surface area (Å²) in [6, 6.07) is 4.59. The molecule has 7 nitrogen and oxygen atoms in total. The van der Waals surface area contributed by atoms with Gasteiger partial charge in [0.15, 0.2) is 5.58 Å². The fourth-order valence-electron chi connectivity index (χ4n) is 2.95. The van der Waals surface area contributed by atoms with Crippen molar-refractivity contribution in [1.29, 1.82) is 0 Å². The summed E-state index contributed by atoms with van der Waals surface area (Å²) in [7, 11) is 1.28. The van der Waals surface area contributed by atoms with Crippen molar-refractivity contribution >= 4 is 23.0 Å². The van der Waals surface area contributed by atoms with Gasteiger partial charge in [0.05, 0.1) is 18.2 Å². The zero-order valence-electron chi connectivity index (χ0n) is 13.8. The Balaban J connectivity index is 1.84. The van der Waals surface area contributed by atoms with Gasteiger partial charge in [0.2, 0.25) is 5.91 Å². The highest BCUT2D eigenvalue weighted by Gasteiger charge is 2.22. The fraction of sp³-hybridized carbons (Fsp3) is 0.471. The van der Waals surface area contributed by atoms with Gasteiger partial charge in [-0.15, -0.1) is 0 Å². The van der Waals surface area contributed by atoms with Crippen LogP contribution in [0.5, 0.6) is 0 Å². The summed E-state index contributed by atoms with van der Waals surface area (Å²) in [6.45, 7) is 3.56. The molecule has 1 aliphatic heterocycles. The molecule has 128 valence electrons. The monoisotopic (exact) mass is 332 g/mol. The van der Waals surface area contributed by atoms with E-state index >= 15 is 0 Å². The molecule has 0 aliphatic carbocycles. The molecular weight excluding hydrogens is 312 g/mol. The van der Waals surface area contributed by atoms with Gasteiger partial charge < -0.3 is 14.1 Å². The molecule has 3 rings (SSSR count). The summed E-state index contributed by atoms with van der Waals surface area (Å²) < 4.78 is 11.1. The van der Waals surface area contributed by atoms with Crippen LogP contribution < -0.4 is 5.76 Å². The topological polar surface area (TPSA) is 81.7 Å². The maximum Gasteiger partial charge on any atom is 0.420 e. The van der Waals surface area contributed by atoms with Crippen LogP contribution in [0, 0.1) is 5.92 Å². The molecule has 1 aromatic heterocycles. The highest BCUT2D eigenvalue weighted by atomic mass is 16.5. The Hall–Kier alpha value is -2.57. The van der Waals surface area contributed by atoms with Crippen LogP contribution in [0.15, 0.2) is 27.4 Å². The first kappa shape index (κ1) is 16.3. The highest BCUT2D eigenvalue weighted by Crippen LogP contribution is 2.18. The lowest BCUT2D eigenvalue weighted by Crippen LogP contribution is -2.40. The molecule has 2 heterocycles. The minimum absolute atomic E-state index is 0.0578. The number of oxazole rings is 1. The van der Waals surface area contributed by atoms with E-state index in [0.717, 1.165) is 25.9 Å². The number of hydrogen-bond acceptors (Lipinski definition) is 5. The van der Waals surface area contributed by atoms with Crippen LogP contribution in [0.4, 0.5) is 0 Å². The largest absolute Gasteiger partial charge is 0.465 e. The fourth-order valence-corrected chi connectivity index (χ4v) is 2.95. The van der Waals surface area contributed by atoms with Crippen LogP contribution in [0.25, 0.3) is 11.1 Å². The average Bonchev–Trinajstić information content (AvgIpc) is 2.89. The predicted octanol–water partition coefficient (Wildman–Crippen LogP) is 1.64. The summed E-state index contributed by atoms with van der Waals surface area (Å²) >= 11 is 0. The van der Waals surface area contributed by atoms with Gasteiger partial charge in [0, 0.05) is 13.1 Å². The Morgan fingerprint density at radius 3 is 2.67 bits per heavy atom. The van der Waals surface area contributed by atoms with Crippen molar-refractivity contribution in [3.8, 4) is 0 Å². The Labute approximate surface area is 138 Å². The molecule has 0 saturated carbocycles. The molecular formula is C17H20N2O5. The SMILES string of the molecule is COC(=O)c1ccc2c(c1)oc(=O)n2CC(=O)N1CCC(C)CC1. The van der Waals surface area contributed by atoms with Crippen molar-refractivity contribution in [2.75, 3.05) is 20.2 Å². The van der Waals surface area contributed by atoms with Gasteiger partial charge in [-0.05, 0) is 37.0 Å². The number of methoxy groups -OCH3 is 1. The smallest absolute Gasteiger partial charge is 0.420 e. The zero-order valence-corrected chi connectivity index (χ0v) is 13.8. The Morgan fingerprint density at radius 2 is 2.00 bits per heavy atom. The van der Waals surface area contributed by atoms with Gasteiger partial charge in [-0.3, -0.25) is 9.36 Å². The molecule has 0 N–H and O–H groups in total. The number of hydrogen-bond donors (Lipinski definition) is 0. The van der Waals surface area contributed by atoms with Crippen molar-refractivity contribution in [2.24, 2.45) is 5.92 Å². The average molecular weight is 332 g/mol. The summed E-state index contributed by atoms with van der Waals surface area (Å²) in [5.41, 5.74) is 1.05. The maximum absolute atomic E-state index is 12.4. The summed E-state index contributed by atoms with van der Waals surface area (Å²) in [6.07, 6.45) is 1.96. The molecule has 0 spiro atoms. The summed E-state index contributed by atoms with van der Waals surface area (Å²) in [5.74, 6) is -0.580. The lowest BCUT2D eigenvalue weighted by atomic mass is 9.99. The standard InChI is InChI=1S/C17H20N2O5/c1-11-5-7-18(8-6-11)15(20)10-19-13-4-3-12(16(21)23-2)9-14(13)24-17(19)22/h3-4,9,11H,5-8,10H2,1-2H3. The van der Waals surface area contributed by atoms with E-state index in [9.17, 15) is 14.4 Å². The van der Waals surface area contributed by atoms with E-state index in [2.05, 4.69) is 11.7 Å². The van der Waals surface area contributed by atoms with Crippen molar-refractivity contribution in [1.82, 2.24) is 9.47 Å². The van der Waals surface area contributed by atoms with Crippen molar-refractivity contribution < 1.29 is 18.7 Å². The van der Waals surface area contributed by atoms with E-state index in [-0.39, 0.29) is 18.0 Å². The Kier molecular flexibility index (Phi) is 4.42. The Bertz CT molecular complexity index is 827. The van der Waals surface area contributed by atoms with Crippen LogP contribution in [0.2, 0.25) is 0 Å². The molecule has 1 fully saturated rings. The van der Waals surface area contributed by atoms with Gasteiger partial charge in [0.1, 0.15) is 6.54 Å². The molecule has 0 bridgehead atoms. The maximum atomic E-state index is 12.4. The van der Waals surface area contributed by atoms with Gasteiger partial charge in [-0.25, -0.2) is 9.59 Å². The molecule has 0 unspecified atom stereocenters. The molecule has 1 aliphatic rings. The molecule has 0 atom stereocenters. The number of carbonyl (C=O) groups is 2. The third-order valence-electron chi connectivity index (χ3n) is 4.52. The number of ether oxygens (including phenoxy) is 1. The van der Waals surface area contributed by atoms with E-state index < -0.39 is 11.7 Å². The summed E-state index contributed by atoms with van der Waals surface area (Å²) in [5, 5.41) is 0. The number of rotatable bonds is 3. The van der Waals surface area contributed by atoms with E-state index in [1.807, 2.05) is 0 Å². The van der Waals surface area contributed by atoms with Gasteiger partial charge >= 0.3 is 11.7 Å². The first-order valence-corrected chi connectivity index (χ1v) is 7.99. The van der Waals surface area contributed by atoms with E-state index in [4.69, 9.17) is 4.42 Å². The van der Waals surface area contributed by atoms with Gasteiger partial charge in [-0.1, -0.05) is 6.92 Å². The van der Waals surface area contributed by atoms with E-state index in [0.29, 0.717) is 17.0 Å². The first-order chi connectivity index (χ1) is 11.5. The first-order valence-electron chi connectivity index (χ1n) is 7.99. The van der Waals surface area contributed by atoms with Gasteiger partial charge in [-0.2, -0.15) is 0 Å². The molecule has 0 radical (unpaired) electrons. The lowest BCUT2D eigenvalue weighted by Gasteiger charge is -2.30. The van der Waals surface area contributed by atoms with Crippen LogP contribution in [-0.4, -0.2) is 41.5 Å². The quantitative estimate of drug-likeness (QED) is 0.798. The molecule has 2 aromatic rings. The number of benzene rings is 1. The van der Waals surface area contributed by atoms with Gasteiger partial charge in [0.25, 0.3) is 0 Å². The van der Waals surface area contributed by atoms with E-state index in [1.54, 1.807) is 17.0 Å². The molecule has 1 aromatic carbocycles. The van der Waals surface area contributed by atoms with Crippen molar-refractivity contribution in [2.45, 2.75) is 26.3 Å². The molecule has 1 amide bonds. The molecule has 7 heteroatoms. The molecule has 24 heavy (non-hydrogen) atoms. The highest BCUT2D eigenvalue weighted by molar-refractivity contribution is 5.93. The number of piperidine rings is 1. The Morgan fingerprint density at radius 1 is 1.29 bits per heavy atom. The number of carbonyl (C=O) groups excluding carboxylic acids is 2. The van der Waals surface area contributed by atoms with Crippen LogP contribution >= 0.6 is 0 Å². The second kappa shape index (κ2) is 6.51. The third kappa shape index (κ3) is 3.06. The van der Waals surface area contributed by atoms with E-state index in [1.165, 1.54) is 17.7 Å². The second-order valence-corrected chi connectivity index (χ2v) is 6.19. The number of aromatic nitrogens is 1. The second-order valence-electron chi connectivity index (χ2n) is 6.19. The van der Waals surface area contributed by atoms with Crippen LogP contribution in [0.3, 0.4) is 0 Å². The number of esters is 1. The van der Waals surface area contributed by atoms with Crippen molar-refractivity contribution in [3.05, 3.63) is 34.3 Å². The van der Waals surface area contributed by atoms with Crippen LogP contribution in [-0.2, 0) is 16.1 Å². The molecule has 1 saturated heterocycles. The number of nitrogens with zero attached hydrogens (tertiary/aromatic N) is 2. The number of likely N-dealkylation sites (tertiary alicyclic amines) is 1. The predicted molar refractivity (Wildman–Crippen MR) is 86.8 cm³/mol. The lowest BCUT2D eigenvalue weighted by molar-refractivity contribution is -0.133. The third-order valence-corrected chi connectivity index (χ3v) is 4.52. The van der Waals surface area contributed by atoms with Crippen LogP contribution in [0.1, 0.15) is 30.1 Å². The zero-order chi connectivity index (χ0) is 17.3.